The highest BCUT2D eigenvalue weighted by molar-refractivity contribution is 7.91. The van der Waals surface area contributed by atoms with Gasteiger partial charge in [0.2, 0.25) is 0 Å². The second-order valence-corrected chi connectivity index (χ2v) is 8.91. The van der Waals surface area contributed by atoms with Crippen LogP contribution in [-0.4, -0.2) is 69.6 Å². The topological polar surface area (TPSA) is 99.2 Å². The number of amides is 1. The van der Waals surface area contributed by atoms with Crippen LogP contribution in [0, 0.1) is 0 Å². The summed E-state index contributed by atoms with van der Waals surface area (Å²) in [6, 6.07) is 4.72. The molecule has 1 amide bonds. The molecule has 1 aliphatic rings. The molecule has 1 heterocycles. The Balaban J connectivity index is 1.98. The average Bonchev–Trinajstić information content (AvgIpc) is 3.01. The Morgan fingerprint density at radius 1 is 1.21 bits per heavy atom. The molecule has 1 saturated heterocycles. The summed E-state index contributed by atoms with van der Waals surface area (Å²) in [7, 11) is -0.0845. The normalized spacial score (nSPS) is 18.9. The number of hydrogen-bond donors (Lipinski definition) is 0. The molecule has 1 fully saturated rings. The standard InChI is InChI=1S/C19H27NO7S/c1-5-20(15-8-9-28(23,24)12-15)19(22)13(2)27-18(21)11-14-6-7-16(25-3)17(10-14)26-4/h6-7,10,13,15H,5,8-9,11-12H2,1-4H3/t13-,15-/m0/s1. The van der Waals surface area contributed by atoms with E-state index >= 15 is 0 Å². The second-order valence-electron chi connectivity index (χ2n) is 6.68. The number of nitrogens with zero attached hydrogens (tertiary/aromatic N) is 1. The van der Waals surface area contributed by atoms with Crippen molar-refractivity contribution in [3.05, 3.63) is 23.8 Å². The van der Waals surface area contributed by atoms with E-state index in [-0.39, 0.29) is 29.9 Å². The van der Waals surface area contributed by atoms with Crippen LogP contribution in [0.15, 0.2) is 18.2 Å². The molecule has 0 spiro atoms. The first-order chi connectivity index (χ1) is 13.2. The summed E-state index contributed by atoms with van der Waals surface area (Å²) in [5.74, 6) is 0.145. The zero-order chi connectivity index (χ0) is 20.9. The van der Waals surface area contributed by atoms with E-state index in [1.165, 1.54) is 26.0 Å². The molecule has 0 N–H and O–H groups in total. The van der Waals surface area contributed by atoms with Gasteiger partial charge in [-0.1, -0.05) is 6.07 Å². The Labute approximate surface area is 165 Å². The van der Waals surface area contributed by atoms with E-state index in [0.29, 0.717) is 30.0 Å². The van der Waals surface area contributed by atoms with E-state index in [1.54, 1.807) is 25.1 Å². The third-order valence-electron chi connectivity index (χ3n) is 4.73. The van der Waals surface area contributed by atoms with E-state index in [9.17, 15) is 18.0 Å². The maximum atomic E-state index is 12.7. The third-order valence-corrected chi connectivity index (χ3v) is 6.48. The minimum atomic E-state index is -3.11. The molecular weight excluding hydrogens is 386 g/mol. The van der Waals surface area contributed by atoms with Gasteiger partial charge in [-0.25, -0.2) is 8.42 Å². The first-order valence-electron chi connectivity index (χ1n) is 9.12. The fraction of sp³-hybridized carbons (Fsp3) is 0.579. The van der Waals surface area contributed by atoms with Crippen molar-refractivity contribution in [1.82, 2.24) is 4.90 Å². The molecule has 1 aromatic carbocycles. The van der Waals surface area contributed by atoms with Gasteiger partial charge in [0, 0.05) is 12.6 Å². The van der Waals surface area contributed by atoms with Gasteiger partial charge in [0.1, 0.15) is 0 Å². The lowest BCUT2D eigenvalue weighted by molar-refractivity contribution is -0.159. The van der Waals surface area contributed by atoms with Gasteiger partial charge >= 0.3 is 5.97 Å². The molecule has 9 heteroatoms. The Kier molecular flexibility index (Phi) is 7.29. The molecule has 0 bridgehead atoms. The average molecular weight is 413 g/mol. The molecule has 0 aromatic heterocycles. The van der Waals surface area contributed by atoms with Crippen LogP contribution in [0.4, 0.5) is 0 Å². The number of rotatable bonds is 8. The van der Waals surface area contributed by atoms with Crippen LogP contribution in [0.2, 0.25) is 0 Å². The van der Waals surface area contributed by atoms with Crippen molar-refractivity contribution in [1.29, 1.82) is 0 Å². The fourth-order valence-electron chi connectivity index (χ4n) is 3.30. The second kappa shape index (κ2) is 9.27. The highest BCUT2D eigenvalue weighted by atomic mass is 32.2. The Morgan fingerprint density at radius 3 is 2.43 bits per heavy atom. The van der Waals surface area contributed by atoms with Crippen LogP contribution in [-0.2, 0) is 30.6 Å². The SMILES string of the molecule is CCN(C(=O)[C@H](C)OC(=O)Cc1ccc(OC)c(OC)c1)[C@H]1CCS(=O)(=O)C1. The van der Waals surface area contributed by atoms with Gasteiger partial charge in [-0.05, 0) is 38.0 Å². The van der Waals surface area contributed by atoms with E-state index in [1.807, 2.05) is 0 Å². The quantitative estimate of drug-likeness (QED) is 0.591. The number of ether oxygens (including phenoxy) is 3. The zero-order valence-corrected chi connectivity index (χ0v) is 17.5. The molecule has 2 rings (SSSR count). The van der Waals surface area contributed by atoms with Gasteiger partial charge in [-0.2, -0.15) is 0 Å². The van der Waals surface area contributed by atoms with Crippen LogP contribution < -0.4 is 9.47 Å². The van der Waals surface area contributed by atoms with Crippen molar-refractivity contribution < 1.29 is 32.2 Å². The molecule has 2 atom stereocenters. The smallest absolute Gasteiger partial charge is 0.311 e. The van der Waals surface area contributed by atoms with Crippen LogP contribution in [0.3, 0.4) is 0 Å². The van der Waals surface area contributed by atoms with E-state index in [4.69, 9.17) is 14.2 Å². The Hall–Kier alpha value is -2.29. The van der Waals surface area contributed by atoms with E-state index in [0.717, 1.165) is 0 Å². The van der Waals surface area contributed by atoms with Crippen molar-refractivity contribution in [3.8, 4) is 11.5 Å². The van der Waals surface area contributed by atoms with Crippen molar-refractivity contribution in [2.45, 2.75) is 38.8 Å². The van der Waals surface area contributed by atoms with Crippen LogP contribution in [0.1, 0.15) is 25.8 Å². The molecule has 8 nitrogen and oxygen atoms in total. The van der Waals surface area contributed by atoms with Crippen molar-refractivity contribution in [2.24, 2.45) is 0 Å². The molecule has 1 aromatic rings. The van der Waals surface area contributed by atoms with Gasteiger partial charge < -0.3 is 19.1 Å². The fourth-order valence-corrected chi connectivity index (χ4v) is 5.03. The summed E-state index contributed by atoms with van der Waals surface area (Å²) in [6.07, 6.45) is -0.605. The summed E-state index contributed by atoms with van der Waals surface area (Å²) >= 11 is 0. The maximum Gasteiger partial charge on any atom is 0.311 e. The minimum absolute atomic E-state index is 0.0259. The minimum Gasteiger partial charge on any atom is -0.493 e. The van der Waals surface area contributed by atoms with Gasteiger partial charge in [-0.15, -0.1) is 0 Å². The molecule has 156 valence electrons. The van der Waals surface area contributed by atoms with Crippen LogP contribution in [0.25, 0.3) is 0 Å². The van der Waals surface area contributed by atoms with E-state index in [2.05, 4.69) is 0 Å². The highest BCUT2D eigenvalue weighted by Gasteiger charge is 2.36. The van der Waals surface area contributed by atoms with Gasteiger partial charge in [0.25, 0.3) is 5.91 Å². The summed E-state index contributed by atoms with van der Waals surface area (Å²) in [5, 5.41) is 0. The molecular formula is C19H27NO7S. The number of sulfone groups is 1. The molecule has 0 radical (unpaired) electrons. The maximum absolute atomic E-state index is 12.7. The number of esters is 1. The molecule has 0 unspecified atom stereocenters. The predicted octanol–water partition coefficient (Wildman–Crippen LogP) is 1.21. The summed E-state index contributed by atoms with van der Waals surface area (Å²) < 4.78 is 39.0. The van der Waals surface area contributed by atoms with Crippen LogP contribution >= 0.6 is 0 Å². The lowest BCUT2D eigenvalue weighted by Gasteiger charge is -2.29. The van der Waals surface area contributed by atoms with Crippen LogP contribution in [0.5, 0.6) is 11.5 Å². The first kappa shape index (κ1) is 22.0. The van der Waals surface area contributed by atoms with Gasteiger partial charge in [0.05, 0.1) is 32.1 Å². The highest BCUT2D eigenvalue weighted by Crippen LogP contribution is 2.28. The number of methoxy groups -OCH3 is 2. The molecule has 0 saturated carbocycles. The van der Waals surface area contributed by atoms with Crippen molar-refractivity contribution >= 4 is 21.7 Å². The summed E-state index contributed by atoms with van der Waals surface area (Å²) in [4.78, 5) is 26.4. The number of carbonyl (C=O) groups excluding carboxylic acids is 2. The third kappa shape index (κ3) is 5.37. The predicted molar refractivity (Wildman–Crippen MR) is 103 cm³/mol. The number of hydrogen-bond acceptors (Lipinski definition) is 7. The van der Waals surface area contributed by atoms with Crippen molar-refractivity contribution in [2.75, 3.05) is 32.3 Å². The molecule has 1 aliphatic heterocycles. The number of likely N-dealkylation sites (N-methyl/N-ethyl adjacent to an activating group) is 1. The number of benzene rings is 1. The largest absolute Gasteiger partial charge is 0.493 e. The van der Waals surface area contributed by atoms with Gasteiger partial charge in [0.15, 0.2) is 27.4 Å². The summed E-state index contributed by atoms with van der Waals surface area (Å²) in [6.45, 7) is 3.64. The lowest BCUT2D eigenvalue weighted by atomic mass is 10.1. The number of carbonyl (C=O) groups is 2. The van der Waals surface area contributed by atoms with E-state index < -0.39 is 21.9 Å². The van der Waals surface area contributed by atoms with Gasteiger partial charge in [-0.3, -0.25) is 9.59 Å². The summed E-state index contributed by atoms with van der Waals surface area (Å²) in [5.41, 5.74) is 0.663. The first-order valence-corrected chi connectivity index (χ1v) is 10.9. The van der Waals surface area contributed by atoms with Crippen molar-refractivity contribution in [3.63, 3.8) is 0 Å². The Bertz CT molecular complexity index is 822. The molecule has 28 heavy (non-hydrogen) atoms. The molecule has 0 aliphatic carbocycles. The Morgan fingerprint density at radius 2 is 1.89 bits per heavy atom. The lowest BCUT2D eigenvalue weighted by Crippen LogP contribution is -2.46. The monoisotopic (exact) mass is 413 g/mol. The zero-order valence-electron chi connectivity index (χ0n) is 16.6.